The number of hydrogen-bond donors (Lipinski definition) is 0. The van der Waals surface area contributed by atoms with Gasteiger partial charge in [-0.05, 0) is 43.2 Å². The Morgan fingerprint density at radius 1 is 1.06 bits per heavy atom. The summed E-state index contributed by atoms with van der Waals surface area (Å²) in [5, 5.41) is 38.7. The van der Waals surface area contributed by atoms with E-state index in [1.165, 1.54) is 32.0 Å². The summed E-state index contributed by atoms with van der Waals surface area (Å²) in [6, 6.07) is 5.91. The Morgan fingerprint density at radius 2 is 1.69 bits per heavy atom. The summed E-state index contributed by atoms with van der Waals surface area (Å²) in [4.78, 5) is 59.3. The monoisotopic (exact) mass is 491 g/mol. The molecule has 1 aromatic heterocycles. The SMILES string of the molecule is CC1(C)Oc2ccc(C#N)cc2C(n2cc(CO[N+](=O)[O-])c(CO[N+](=O)[O-])cc2=O)C1O[N+](=O)[O-]. The van der Waals surface area contributed by atoms with Crippen LogP contribution < -0.4 is 10.3 Å². The molecular formula is C19H17N5O11. The number of fused-ring (bicyclic) bond motifs is 1. The van der Waals surface area contributed by atoms with E-state index in [4.69, 9.17) is 9.57 Å². The van der Waals surface area contributed by atoms with Gasteiger partial charge in [0.1, 0.15) is 24.6 Å². The van der Waals surface area contributed by atoms with Crippen LogP contribution in [0.5, 0.6) is 5.75 Å². The lowest BCUT2D eigenvalue weighted by atomic mass is 9.85. The largest absolute Gasteiger partial charge is 0.485 e. The Morgan fingerprint density at radius 3 is 2.26 bits per heavy atom. The maximum Gasteiger partial charge on any atom is 0.295 e. The van der Waals surface area contributed by atoms with Crippen LogP contribution in [-0.4, -0.2) is 31.5 Å². The molecule has 0 amide bonds. The van der Waals surface area contributed by atoms with Gasteiger partial charge in [0.25, 0.3) is 20.8 Å². The van der Waals surface area contributed by atoms with Crippen molar-refractivity contribution < 1.29 is 34.5 Å². The molecule has 16 nitrogen and oxygen atoms in total. The zero-order valence-corrected chi connectivity index (χ0v) is 18.2. The van der Waals surface area contributed by atoms with Crippen LogP contribution in [0, 0.1) is 41.7 Å². The lowest BCUT2D eigenvalue weighted by Crippen LogP contribution is -2.54. The van der Waals surface area contributed by atoms with Crippen molar-refractivity contribution in [2.24, 2.45) is 0 Å². The number of rotatable bonds is 9. The fraction of sp³-hybridized carbons (Fsp3) is 0.368. The zero-order chi connectivity index (χ0) is 25.9. The van der Waals surface area contributed by atoms with Gasteiger partial charge in [0.15, 0.2) is 6.10 Å². The Bertz CT molecular complexity index is 1280. The van der Waals surface area contributed by atoms with Gasteiger partial charge in [-0.1, -0.05) is 0 Å². The Kier molecular flexibility index (Phi) is 6.71. The van der Waals surface area contributed by atoms with Crippen LogP contribution in [0.4, 0.5) is 0 Å². The first kappa shape index (κ1) is 24.7. The molecular weight excluding hydrogens is 474 g/mol. The average Bonchev–Trinajstić information content (AvgIpc) is 2.77. The summed E-state index contributed by atoms with van der Waals surface area (Å²) in [5.74, 6) is 0.220. The molecule has 1 aliphatic heterocycles. The topological polar surface area (TPSA) is 212 Å². The number of nitriles is 1. The van der Waals surface area contributed by atoms with Crippen LogP contribution in [0.3, 0.4) is 0 Å². The van der Waals surface area contributed by atoms with Crippen molar-refractivity contribution in [3.63, 3.8) is 0 Å². The summed E-state index contributed by atoms with van der Waals surface area (Å²) >= 11 is 0. The molecule has 0 aliphatic carbocycles. The van der Waals surface area contributed by atoms with E-state index in [0.29, 0.717) is 0 Å². The highest BCUT2D eigenvalue weighted by atomic mass is 17.0. The molecule has 1 aromatic carbocycles. The van der Waals surface area contributed by atoms with Gasteiger partial charge in [0.05, 0.1) is 17.7 Å². The molecule has 3 rings (SSSR count). The first-order valence-corrected chi connectivity index (χ1v) is 9.75. The van der Waals surface area contributed by atoms with E-state index in [9.17, 15) is 40.4 Å². The normalized spacial score (nSPS) is 17.7. The summed E-state index contributed by atoms with van der Waals surface area (Å²) in [6.45, 7) is 1.58. The summed E-state index contributed by atoms with van der Waals surface area (Å²) in [6.07, 6.45) is -0.308. The number of pyridine rings is 1. The summed E-state index contributed by atoms with van der Waals surface area (Å²) in [7, 11) is 0. The van der Waals surface area contributed by atoms with Crippen molar-refractivity contribution in [1.29, 1.82) is 5.26 Å². The van der Waals surface area contributed by atoms with Crippen molar-refractivity contribution in [2.45, 2.75) is 44.8 Å². The van der Waals surface area contributed by atoms with E-state index in [0.717, 1.165) is 16.8 Å². The number of ether oxygens (including phenoxy) is 1. The molecule has 35 heavy (non-hydrogen) atoms. The van der Waals surface area contributed by atoms with Crippen LogP contribution in [0.15, 0.2) is 35.3 Å². The Hall–Kier alpha value is -4.94. The molecule has 1 aliphatic rings. The van der Waals surface area contributed by atoms with Crippen LogP contribution in [0.25, 0.3) is 0 Å². The van der Waals surface area contributed by atoms with Gasteiger partial charge in [-0.3, -0.25) is 4.79 Å². The lowest BCUT2D eigenvalue weighted by Gasteiger charge is -2.43. The van der Waals surface area contributed by atoms with Crippen molar-refractivity contribution >= 4 is 0 Å². The minimum absolute atomic E-state index is 0.0368. The smallest absolute Gasteiger partial charge is 0.295 e. The molecule has 184 valence electrons. The van der Waals surface area contributed by atoms with Crippen molar-refractivity contribution in [3.05, 3.63) is 93.4 Å². The summed E-state index contributed by atoms with van der Waals surface area (Å²) in [5.41, 5.74) is -1.89. The highest BCUT2D eigenvalue weighted by molar-refractivity contribution is 5.47. The van der Waals surface area contributed by atoms with Crippen molar-refractivity contribution in [3.8, 4) is 11.8 Å². The highest BCUT2D eigenvalue weighted by Gasteiger charge is 2.48. The second kappa shape index (κ2) is 9.51. The van der Waals surface area contributed by atoms with Gasteiger partial charge in [-0.2, -0.15) is 5.26 Å². The maximum atomic E-state index is 13.1. The second-order valence-electron chi connectivity index (χ2n) is 7.83. The maximum absolute atomic E-state index is 13.1. The van der Waals surface area contributed by atoms with Gasteiger partial charge in [-0.15, -0.1) is 30.3 Å². The zero-order valence-electron chi connectivity index (χ0n) is 18.2. The van der Waals surface area contributed by atoms with E-state index in [1.807, 2.05) is 6.07 Å². The molecule has 0 saturated heterocycles. The minimum Gasteiger partial charge on any atom is -0.485 e. The Balaban J connectivity index is 2.25. The van der Waals surface area contributed by atoms with Crippen LogP contribution in [0.1, 0.15) is 42.1 Å². The molecule has 16 heteroatoms. The molecule has 0 bridgehead atoms. The third kappa shape index (κ3) is 5.35. The number of hydrogen-bond acceptors (Lipinski definition) is 12. The lowest BCUT2D eigenvalue weighted by molar-refractivity contribution is -0.773. The fourth-order valence-electron chi connectivity index (χ4n) is 3.76. The van der Waals surface area contributed by atoms with Crippen LogP contribution in [0.2, 0.25) is 0 Å². The summed E-state index contributed by atoms with van der Waals surface area (Å²) < 4.78 is 6.87. The molecule has 0 saturated carbocycles. The molecule has 2 aromatic rings. The standard InChI is InChI=1S/C19H17N5O11/c1-19(2)18(35-24(30)31)17(14-5-11(7-20)3-4-15(14)34-19)21-8-13(10-33-23(28)29)12(6-16(21)25)9-32-22(26)27/h3-6,8,17-18H,9-10H2,1-2H3. The van der Waals surface area contributed by atoms with Gasteiger partial charge in [-0.25, -0.2) is 0 Å². The quantitative estimate of drug-likeness (QED) is 0.360. The van der Waals surface area contributed by atoms with Crippen LogP contribution >= 0.6 is 0 Å². The molecule has 2 heterocycles. The van der Waals surface area contributed by atoms with E-state index in [1.54, 1.807) is 0 Å². The molecule has 0 fully saturated rings. The molecule has 2 unspecified atom stereocenters. The second-order valence-corrected chi connectivity index (χ2v) is 7.83. The predicted molar refractivity (Wildman–Crippen MR) is 110 cm³/mol. The minimum atomic E-state index is -1.41. The Labute approximate surface area is 195 Å². The highest BCUT2D eigenvalue weighted by Crippen LogP contribution is 2.43. The third-order valence-corrected chi connectivity index (χ3v) is 5.21. The molecule has 0 N–H and O–H groups in total. The first-order valence-electron chi connectivity index (χ1n) is 9.75. The van der Waals surface area contributed by atoms with E-state index < -0.39 is 51.8 Å². The van der Waals surface area contributed by atoms with Gasteiger partial charge >= 0.3 is 0 Å². The predicted octanol–water partition coefficient (Wildman–Crippen LogP) is 1.47. The number of nitrogens with zero attached hydrogens (tertiary/aromatic N) is 5. The molecule has 2 atom stereocenters. The van der Waals surface area contributed by atoms with E-state index in [2.05, 4.69) is 9.68 Å². The third-order valence-electron chi connectivity index (χ3n) is 5.21. The molecule has 0 radical (unpaired) electrons. The van der Waals surface area contributed by atoms with Gasteiger partial charge in [0, 0.05) is 17.8 Å². The van der Waals surface area contributed by atoms with Gasteiger partial charge < -0.3 is 23.8 Å². The first-order chi connectivity index (χ1) is 16.4. The van der Waals surface area contributed by atoms with E-state index in [-0.39, 0.29) is 28.0 Å². The van der Waals surface area contributed by atoms with Crippen molar-refractivity contribution in [2.75, 3.05) is 0 Å². The molecule has 0 spiro atoms. The van der Waals surface area contributed by atoms with Crippen molar-refractivity contribution in [1.82, 2.24) is 4.57 Å². The number of aromatic nitrogens is 1. The average molecular weight is 491 g/mol. The van der Waals surface area contributed by atoms with E-state index >= 15 is 0 Å². The number of benzene rings is 1. The van der Waals surface area contributed by atoms with Crippen LogP contribution in [-0.2, 0) is 27.7 Å². The van der Waals surface area contributed by atoms with Gasteiger partial charge in [0.2, 0.25) is 0 Å². The fourth-order valence-corrected chi connectivity index (χ4v) is 3.76.